The first kappa shape index (κ1) is 15.3. The van der Waals surface area contributed by atoms with Crippen LogP contribution in [-0.2, 0) is 17.3 Å². The number of hydrogen-bond acceptors (Lipinski definition) is 3. The highest BCUT2D eigenvalue weighted by molar-refractivity contribution is 7.84. The fourth-order valence-corrected chi connectivity index (χ4v) is 2.25. The van der Waals surface area contributed by atoms with Crippen LogP contribution in [0.15, 0.2) is 29.2 Å². The van der Waals surface area contributed by atoms with E-state index in [1.165, 1.54) is 5.56 Å². The lowest BCUT2D eigenvalue weighted by Gasteiger charge is -2.24. The van der Waals surface area contributed by atoms with Crippen LogP contribution in [0.4, 0.5) is 0 Å². The Bertz CT molecular complexity index is 387. The van der Waals surface area contributed by atoms with Gasteiger partial charge in [-0.3, -0.25) is 4.21 Å². The van der Waals surface area contributed by atoms with Crippen LogP contribution in [-0.4, -0.2) is 28.7 Å². The highest BCUT2D eigenvalue weighted by atomic mass is 32.2. The van der Waals surface area contributed by atoms with E-state index in [1.807, 2.05) is 24.3 Å². The van der Waals surface area contributed by atoms with Gasteiger partial charge in [0.15, 0.2) is 0 Å². The maximum atomic E-state index is 11.2. The van der Waals surface area contributed by atoms with Crippen LogP contribution in [0.25, 0.3) is 0 Å². The van der Waals surface area contributed by atoms with Crippen molar-refractivity contribution in [2.45, 2.75) is 31.7 Å². The fourth-order valence-electron chi connectivity index (χ4n) is 1.74. The lowest BCUT2D eigenvalue weighted by atomic mass is 9.90. The third-order valence-corrected chi connectivity index (χ3v) is 3.91. The summed E-state index contributed by atoms with van der Waals surface area (Å²) >= 11 is 0. The molecule has 3 nitrogen and oxygen atoms in total. The molecule has 0 fully saturated rings. The first-order valence-corrected chi connectivity index (χ1v) is 7.74. The number of aliphatic hydroxyl groups is 1. The van der Waals surface area contributed by atoms with Crippen molar-refractivity contribution in [3.8, 4) is 0 Å². The van der Waals surface area contributed by atoms with Crippen LogP contribution in [0.2, 0.25) is 0 Å². The van der Waals surface area contributed by atoms with E-state index >= 15 is 0 Å². The lowest BCUT2D eigenvalue weighted by molar-refractivity contribution is 0.207. The summed E-state index contributed by atoms with van der Waals surface area (Å²) in [5, 5.41) is 12.3. The molecule has 0 aliphatic heterocycles. The summed E-state index contributed by atoms with van der Waals surface area (Å²) in [7, 11) is -0.908. The van der Waals surface area contributed by atoms with Gasteiger partial charge in [0, 0.05) is 41.6 Å². The molecule has 0 bridgehead atoms. The first-order valence-electron chi connectivity index (χ1n) is 6.18. The van der Waals surface area contributed by atoms with Gasteiger partial charge in [-0.2, -0.15) is 0 Å². The summed E-state index contributed by atoms with van der Waals surface area (Å²) in [6.07, 6.45) is 2.48. The second-order valence-electron chi connectivity index (χ2n) is 5.34. The molecule has 0 saturated carbocycles. The third-order valence-electron chi connectivity index (χ3n) is 2.98. The molecule has 1 unspecified atom stereocenters. The van der Waals surface area contributed by atoms with Crippen LogP contribution in [0.5, 0.6) is 0 Å². The van der Waals surface area contributed by atoms with Crippen molar-refractivity contribution < 1.29 is 9.32 Å². The van der Waals surface area contributed by atoms with Gasteiger partial charge in [0.05, 0.1) is 0 Å². The molecule has 0 spiro atoms. The van der Waals surface area contributed by atoms with E-state index in [0.717, 1.165) is 24.4 Å². The Labute approximate surface area is 112 Å². The molecule has 1 aromatic rings. The Kier molecular flexibility index (Phi) is 5.99. The Morgan fingerprint density at radius 1 is 1.28 bits per heavy atom. The van der Waals surface area contributed by atoms with Gasteiger partial charge in [-0.05, 0) is 29.5 Å². The molecule has 0 aliphatic carbocycles. The number of benzene rings is 1. The molecule has 0 aliphatic rings. The fraction of sp³-hybridized carbons (Fsp3) is 0.571. The Hall–Kier alpha value is -0.710. The Morgan fingerprint density at radius 2 is 1.89 bits per heavy atom. The van der Waals surface area contributed by atoms with E-state index in [2.05, 4.69) is 19.2 Å². The molecule has 2 N–H and O–H groups in total. The van der Waals surface area contributed by atoms with Gasteiger partial charge < -0.3 is 10.4 Å². The van der Waals surface area contributed by atoms with Crippen LogP contribution in [0.3, 0.4) is 0 Å². The zero-order valence-corrected chi connectivity index (χ0v) is 12.2. The second-order valence-corrected chi connectivity index (χ2v) is 6.72. The molecular formula is C14H23NO2S. The second kappa shape index (κ2) is 7.02. The summed E-state index contributed by atoms with van der Waals surface area (Å²) in [4.78, 5) is 0.861. The van der Waals surface area contributed by atoms with Crippen molar-refractivity contribution in [3.63, 3.8) is 0 Å². The van der Waals surface area contributed by atoms with Crippen molar-refractivity contribution in [3.05, 3.63) is 29.8 Å². The van der Waals surface area contributed by atoms with Crippen molar-refractivity contribution in [1.29, 1.82) is 0 Å². The highest BCUT2D eigenvalue weighted by Crippen LogP contribution is 2.18. The van der Waals surface area contributed by atoms with Crippen LogP contribution in [0, 0.1) is 5.41 Å². The summed E-state index contributed by atoms with van der Waals surface area (Å²) in [6, 6.07) is 7.82. The summed E-state index contributed by atoms with van der Waals surface area (Å²) in [5.74, 6) is 0. The van der Waals surface area contributed by atoms with E-state index in [1.54, 1.807) is 6.26 Å². The van der Waals surface area contributed by atoms with E-state index < -0.39 is 10.8 Å². The van der Waals surface area contributed by atoms with Crippen molar-refractivity contribution in [1.82, 2.24) is 5.32 Å². The molecule has 0 saturated heterocycles. The molecule has 4 heteroatoms. The molecule has 0 heterocycles. The third kappa shape index (κ3) is 5.29. The molecule has 0 radical (unpaired) electrons. The Balaban J connectivity index is 2.42. The smallest absolute Gasteiger partial charge is 0.0498 e. The van der Waals surface area contributed by atoms with Gasteiger partial charge in [-0.25, -0.2) is 0 Å². The van der Waals surface area contributed by atoms with Gasteiger partial charge in [-0.1, -0.05) is 26.0 Å². The summed E-state index contributed by atoms with van der Waals surface area (Å²) < 4.78 is 11.2. The van der Waals surface area contributed by atoms with E-state index in [4.69, 9.17) is 5.11 Å². The maximum absolute atomic E-state index is 11.2. The topological polar surface area (TPSA) is 49.3 Å². The van der Waals surface area contributed by atoms with Crippen LogP contribution in [0.1, 0.15) is 25.8 Å². The van der Waals surface area contributed by atoms with Crippen LogP contribution >= 0.6 is 0 Å². The minimum Gasteiger partial charge on any atom is -0.396 e. The molecule has 1 atom stereocenters. The average Bonchev–Trinajstić information content (AvgIpc) is 2.29. The minimum absolute atomic E-state index is 0.111. The van der Waals surface area contributed by atoms with Crippen molar-refractivity contribution in [2.75, 3.05) is 19.4 Å². The standard InChI is InChI=1S/C14H23NO2S/c1-14(2,8-9-16)11-15-10-12-4-6-13(7-5-12)18(3)17/h4-7,15-16H,8-11H2,1-3H3. The predicted octanol–water partition coefficient (Wildman–Crippen LogP) is 1.92. The van der Waals surface area contributed by atoms with Gasteiger partial charge in [0.2, 0.25) is 0 Å². The lowest BCUT2D eigenvalue weighted by Crippen LogP contribution is -2.29. The Morgan fingerprint density at radius 3 is 2.39 bits per heavy atom. The number of nitrogens with one attached hydrogen (secondary N) is 1. The zero-order chi connectivity index (χ0) is 13.6. The van der Waals surface area contributed by atoms with Gasteiger partial charge in [-0.15, -0.1) is 0 Å². The number of hydrogen-bond donors (Lipinski definition) is 2. The molecule has 18 heavy (non-hydrogen) atoms. The van der Waals surface area contributed by atoms with E-state index in [0.29, 0.717) is 0 Å². The largest absolute Gasteiger partial charge is 0.396 e. The zero-order valence-electron chi connectivity index (χ0n) is 11.4. The first-order chi connectivity index (χ1) is 8.44. The van der Waals surface area contributed by atoms with Gasteiger partial charge in [0.25, 0.3) is 0 Å². The van der Waals surface area contributed by atoms with Gasteiger partial charge >= 0.3 is 0 Å². The SMILES string of the molecule is CS(=O)c1ccc(CNCC(C)(C)CCO)cc1. The van der Waals surface area contributed by atoms with E-state index in [-0.39, 0.29) is 12.0 Å². The molecule has 1 rings (SSSR count). The molecule has 0 aromatic heterocycles. The molecule has 0 amide bonds. The van der Waals surface area contributed by atoms with Crippen molar-refractivity contribution in [2.24, 2.45) is 5.41 Å². The number of aliphatic hydroxyl groups excluding tert-OH is 1. The maximum Gasteiger partial charge on any atom is 0.0498 e. The normalized spacial score (nSPS) is 13.6. The average molecular weight is 269 g/mol. The number of rotatable bonds is 7. The summed E-state index contributed by atoms with van der Waals surface area (Å²) in [5.41, 5.74) is 1.29. The molecule has 1 aromatic carbocycles. The summed E-state index contributed by atoms with van der Waals surface area (Å²) in [6.45, 7) is 6.17. The minimum atomic E-state index is -0.908. The highest BCUT2D eigenvalue weighted by Gasteiger charge is 2.16. The quantitative estimate of drug-likeness (QED) is 0.795. The molecular weight excluding hydrogens is 246 g/mol. The monoisotopic (exact) mass is 269 g/mol. The van der Waals surface area contributed by atoms with E-state index in [9.17, 15) is 4.21 Å². The van der Waals surface area contributed by atoms with Crippen molar-refractivity contribution >= 4 is 10.8 Å². The molecule has 102 valence electrons. The van der Waals surface area contributed by atoms with Crippen LogP contribution < -0.4 is 5.32 Å². The van der Waals surface area contributed by atoms with Gasteiger partial charge in [0.1, 0.15) is 0 Å². The predicted molar refractivity (Wildman–Crippen MR) is 76.0 cm³/mol.